The van der Waals surface area contributed by atoms with Crippen molar-refractivity contribution in [3.63, 3.8) is 0 Å². The van der Waals surface area contributed by atoms with Gasteiger partial charge in [-0.2, -0.15) is 5.26 Å². The number of benzene rings is 3. The van der Waals surface area contributed by atoms with Crippen LogP contribution in [0.3, 0.4) is 0 Å². The molecule has 0 aliphatic rings. The van der Waals surface area contributed by atoms with Crippen LogP contribution in [0.5, 0.6) is 5.75 Å². The molecular formula is C22H15Cl2NO3S. The van der Waals surface area contributed by atoms with Crippen LogP contribution in [0.15, 0.2) is 82.6 Å². The molecule has 3 aromatic carbocycles. The molecular weight excluding hydrogens is 429 g/mol. The second kappa shape index (κ2) is 9.15. The molecule has 0 aliphatic heterocycles. The van der Waals surface area contributed by atoms with Gasteiger partial charge in [-0.1, -0.05) is 59.6 Å². The van der Waals surface area contributed by atoms with Crippen molar-refractivity contribution < 1.29 is 13.2 Å². The molecule has 0 radical (unpaired) electrons. The molecule has 0 aromatic heterocycles. The van der Waals surface area contributed by atoms with Gasteiger partial charge >= 0.3 is 0 Å². The maximum absolute atomic E-state index is 12.7. The third-order valence-electron chi connectivity index (χ3n) is 4.05. The summed E-state index contributed by atoms with van der Waals surface area (Å²) in [6.45, 7) is 0.152. The third-order valence-corrected chi connectivity index (χ3v) is 6.44. The van der Waals surface area contributed by atoms with Crippen LogP contribution in [0.1, 0.15) is 11.1 Å². The molecule has 0 saturated heterocycles. The van der Waals surface area contributed by atoms with Gasteiger partial charge in [0, 0.05) is 15.6 Å². The molecule has 0 fully saturated rings. The molecule has 29 heavy (non-hydrogen) atoms. The zero-order valence-corrected chi connectivity index (χ0v) is 17.4. The van der Waals surface area contributed by atoms with Gasteiger partial charge in [0.25, 0.3) is 0 Å². The largest absolute Gasteiger partial charge is 0.489 e. The summed E-state index contributed by atoms with van der Waals surface area (Å²) in [5, 5.41) is 10.4. The van der Waals surface area contributed by atoms with E-state index in [-0.39, 0.29) is 16.4 Å². The maximum atomic E-state index is 12.7. The summed E-state index contributed by atoms with van der Waals surface area (Å²) >= 11 is 12.3. The van der Waals surface area contributed by atoms with E-state index in [1.54, 1.807) is 66.7 Å². The Morgan fingerprint density at radius 2 is 1.62 bits per heavy atom. The number of rotatable bonds is 6. The summed E-state index contributed by atoms with van der Waals surface area (Å²) in [6.07, 6.45) is 1.32. The summed E-state index contributed by atoms with van der Waals surface area (Å²) < 4.78 is 31.1. The van der Waals surface area contributed by atoms with Crippen LogP contribution in [0.25, 0.3) is 6.08 Å². The lowest BCUT2D eigenvalue weighted by Crippen LogP contribution is -2.03. The van der Waals surface area contributed by atoms with E-state index in [9.17, 15) is 13.7 Å². The number of nitriles is 1. The number of hydrogen-bond donors (Lipinski definition) is 0. The van der Waals surface area contributed by atoms with Gasteiger partial charge in [0.1, 0.15) is 23.3 Å². The van der Waals surface area contributed by atoms with Crippen LogP contribution in [-0.2, 0) is 16.4 Å². The zero-order valence-electron chi connectivity index (χ0n) is 15.0. The molecule has 0 bridgehead atoms. The average Bonchev–Trinajstić information content (AvgIpc) is 2.72. The molecule has 0 aliphatic carbocycles. The van der Waals surface area contributed by atoms with Gasteiger partial charge in [-0.3, -0.25) is 0 Å². The lowest BCUT2D eigenvalue weighted by Gasteiger charge is -2.10. The maximum Gasteiger partial charge on any atom is 0.216 e. The molecule has 7 heteroatoms. The van der Waals surface area contributed by atoms with Gasteiger partial charge < -0.3 is 4.74 Å². The molecule has 146 valence electrons. The van der Waals surface area contributed by atoms with E-state index in [0.717, 1.165) is 0 Å². The number of ether oxygens (including phenoxy) is 1. The summed E-state index contributed by atoms with van der Waals surface area (Å²) in [5.74, 6) is 0.490. The molecule has 0 N–H and O–H groups in total. The summed E-state index contributed by atoms with van der Waals surface area (Å²) in [7, 11) is -3.90. The average molecular weight is 444 g/mol. The van der Waals surface area contributed by atoms with Gasteiger partial charge in [-0.05, 0) is 48.0 Å². The highest BCUT2D eigenvalue weighted by atomic mass is 35.5. The van der Waals surface area contributed by atoms with Crippen molar-refractivity contribution in [2.45, 2.75) is 11.5 Å². The standard InChI is InChI=1S/C22H15Cl2NO3S/c23-21-10-5-11-22(24)20(21)15-28-17-7-4-6-16(12-17)13-19(14-25)29(26,27)18-8-2-1-3-9-18/h1-13H,15H2. The van der Waals surface area contributed by atoms with Gasteiger partial charge in [-0.25, -0.2) is 8.42 Å². The molecule has 0 atom stereocenters. The van der Waals surface area contributed by atoms with Gasteiger partial charge in [0.2, 0.25) is 9.84 Å². The number of halogens is 2. The quantitative estimate of drug-likeness (QED) is 0.444. The molecule has 3 aromatic rings. The fraction of sp³-hybridized carbons (Fsp3) is 0.0455. The monoisotopic (exact) mass is 443 g/mol. The summed E-state index contributed by atoms with van der Waals surface area (Å²) in [5.41, 5.74) is 1.17. The Bertz CT molecular complexity index is 1180. The number of hydrogen-bond acceptors (Lipinski definition) is 4. The van der Waals surface area contributed by atoms with Crippen molar-refractivity contribution in [1.82, 2.24) is 0 Å². The van der Waals surface area contributed by atoms with Gasteiger partial charge in [-0.15, -0.1) is 0 Å². The lowest BCUT2D eigenvalue weighted by atomic mass is 10.2. The highest BCUT2D eigenvalue weighted by Crippen LogP contribution is 2.27. The van der Waals surface area contributed by atoms with Crippen LogP contribution in [0.2, 0.25) is 10.0 Å². The van der Waals surface area contributed by atoms with E-state index in [2.05, 4.69) is 0 Å². The fourth-order valence-corrected chi connectivity index (χ4v) is 4.26. The van der Waals surface area contributed by atoms with Crippen molar-refractivity contribution >= 4 is 39.1 Å². The van der Waals surface area contributed by atoms with E-state index in [1.807, 2.05) is 0 Å². The van der Waals surface area contributed by atoms with Crippen LogP contribution >= 0.6 is 23.2 Å². The van der Waals surface area contributed by atoms with Crippen molar-refractivity contribution in [1.29, 1.82) is 5.26 Å². The molecule has 0 saturated carbocycles. The molecule has 3 rings (SSSR count). The van der Waals surface area contributed by atoms with E-state index in [4.69, 9.17) is 27.9 Å². The fourth-order valence-electron chi connectivity index (χ4n) is 2.57. The highest BCUT2D eigenvalue weighted by Gasteiger charge is 2.20. The van der Waals surface area contributed by atoms with Crippen molar-refractivity contribution in [3.05, 3.63) is 98.9 Å². The van der Waals surface area contributed by atoms with Crippen molar-refractivity contribution in [3.8, 4) is 11.8 Å². The second-order valence-electron chi connectivity index (χ2n) is 6.00. The minimum absolute atomic E-state index is 0.0635. The smallest absolute Gasteiger partial charge is 0.216 e. The molecule has 4 nitrogen and oxygen atoms in total. The minimum Gasteiger partial charge on any atom is -0.489 e. The summed E-state index contributed by atoms with van der Waals surface area (Å²) in [4.78, 5) is -0.288. The Morgan fingerprint density at radius 1 is 0.966 bits per heavy atom. The molecule has 0 spiro atoms. The van der Waals surface area contributed by atoms with E-state index >= 15 is 0 Å². The van der Waals surface area contributed by atoms with Crippen molar-refractivity contribution in [2.75, 3.05) is 0 Å². The van der Waals surface area contributed by atoms with E-state index in [0.29, 0.717) is 26.9 Å². The normalized spacial score (nSPS) is 11.7. The number of sulfone groups is 1. The Kier molecular flexibility index (Phi) is 6.60. The van der Waals surface area contributed by atoms with E-state index in [1.165, 1.54) is 18.2 Å². The number of allylic oxidation sites excluding steroid dienone is 1. The lowest BCUT2D eigenvalue weighted by molar-refractivity contribution is 0.306. The van der Waals surface area contributed by atoms with Crippen LogP contribution < -0.4 is 4.74 Å². The Morgan fingerprint density at radius 3 is 2.28 bits per heavy atom. The van der Waals surface area contributed by atoms with Crippen LogP contribution in [-0.4, -0.2) is 8.42 Å². The predicted molar refractivity (Wildman–Crippen MR) is 114 cm³/mol. The first-order chi connectivity index (χ1) is 13.9. The SMILES string of the molecule is N#CC(=Cc1cccc(OCc2c(Cl)cccc2Cl)c1)S(=O)(=O)c1ccccc1. The van der Waals surface area contributed by atoms with Crippen molar-refractivity contribution in [2.24, 2.45) is 0 Å². The van der Waals surface area contributed by atoms with Crippen LogP contribution in [0.4, 0.5) is 0 Å². The zero-order chi connectivity index (χ0) is 20.9. The Balaban J connectivity index is 1.86. The Hall–Kier alpha value is -2.78. The third kappa shape index (κ3) is 4.99. The summed E-state index contributed by atoms with van der Waals surface area (Å²) in [6, 6.07) is 21.6. The first kappa shape index (κ1) is 20.9. The Labute approximate surface area is 179 Å². The first-order valence-corrected chi connectivity index (χ1v) is 10.7. The molecule has 0 heterocycles. The minimum atomic E-state index is -3.90. The topological polar surface area (TPSA) is 67.2 Å². The first-order valence-electron chi connectivity index (χ1n) is 8.49. The van der Waals surface area contributed by atoms with E-state index < -0.39 is 9.84 Å². The predicted octanol–water partition coefficient (Wildman–Crippen LogP) is 5.91. The van der Waals surface area contributed by atoms with Crippen LogP contribution in [0, 0.1) is 11.3 Å². The second-order valence-corrected chi connectivity index (χ2v) is 8.73. The van der Waals surface area contributed by atoms with Gasteiger partial charge in [0.05, 0.1) is 4.90 Å². The number of nitrogens with zero attached hydrogens (tertiary/aromatic N) is 1. The highest BCUT2D eigenvalue weighted by molar-refractivity contribution is 7.95. The molecule has 0 amide bonds. The molecule has 0 unspecified atom stereocenters. The van der Waals surface area contributed by atoms with Gasteiger partial charge in [0.15, 0.2) is 0 Å².